The summed E-state index contributed by atoms with van der Waals surface area (Å²) < 4.78 is 37.2. The van der Waals surface area contributed by atoms with Gasteiger partial charge in [-0.3, -0.25) is 5.32 Å². The minimum atomic E-state index is -4.20. The maximum Gasteiger partial charge on any atom is 0.406 e. The average molecular weight is 236 g/mol. The first-order valence-electron chi connectivity index (χ1n) is 4.44. The summed E-state index contributed by atoms with van der Waals surface area (Å²) in [6.45, 7) is 1.54. The van der Waals surface area contributed by atoms with Gasteiger partial charge in [-0.2, -0.15) is 13.2 Å². The van der Waals surface area contributed by atoms with Gasteiger partial charge in [0.2, 0.25) is 0 Å². The largest absolute Gasteiger partial charge is 0.406 e. The summed E-state index contributed by atoms with van der Waals surface area (Å²) in [6.07, 6.45) is -4.20. The number of nitrogens with one attached hydrogen (secondary N) is 1. The number of hydrogen-bond donors (Lipinski definition) is 1. The van der Waals surface area contributed by atoms with Gasteiger partial charge in [-0.15, -0.1) is 0 Å². The topological polar surface area (TPSA) is 21.9 Å². The lowest BCUT2D eigenvalue weighted by atomic mass is 9.97. The molecule has 0 spiro atoms. The van der Waals surface area contributed by atoms with E-state index >= 15 is 0 Å². The van der Waals surface area contributed by atoms with Crippen molar-refractivity contribution in [2.24, 2.45) is 0 Å². The van der Waals surface area contributed by atoms with Crippen LogP contribution in [0.2, 0.25) is 5.02 Å². The molecular formula is C10H9ClF3N. The summed E-state index contributed by atoms with van der Waals surface area (Å²) >= 11 is 5.67. The SMILES string of the molecule is C[C@@]1(c2ccc(Cl)cc2)N[C@@H]1C(F)(F)F. The van der Waals surface area contributed by atoms with Crippen molar-refractivity contribution in [3.05, 3.63) is 34.9 Å². The lowest BCUT2D eigenvalue weighted by molar-refractivity contribution is -0.132. The molecule has 1 saturated heterocycles. The van der Waals surface area contributed by atoms with Crippen molar-refractivity contribution in [3.8, 4) is 0 Å². The molecule has 0 aliphatic carbocycles. The molecule has 0 bridgehead atoms. The Kier molecular flexibility index (Phi) is 2.24. The monoisotopic (exact) mass is 235 g/mol. The third-order valence-electron chi connectivity index (χ3n) is 2.71. The second-order valence-electron chi connectivity index (χ2n) is 3.83. The number of hydrogen-bond acceptors (Lipinski definition) is 1. The van der Waals surface area contributed by atoms with Crippen LogP contribution < -0.4 is 5.32 Å². The fraction of sp³-hybridized carbons (Fsp3) is 0.400. The number of rotatable bonds is 1. The molecule has 0 amide bonds. The summed E-state index contributed by atoms with van der Waals surface area (Å²) in [7, 11) is 0. The number of alkyl halides is 3. The van der Waals surface area contributed by atoms with Crippen LogP contribution in [-0.2, 0) is 5.54 Å². The van der Waals surface area contributed by atoms with E-state index in [0.29, 0.717) is 10.6 Å². The van der Waals surface area contributed by atoms with Gasteiger partial charge >= 0.3 is 6.18 Å². The quantitative estimate of drug-likeness (QED) is 0.743. The van der Waals surface area contributed by atoms with E-state index in [1.807, 2.05) is 0 Å². The van der Waals surface area contributed by atoms with Gasteiger partial charge in [0.15, 0.2) is 0 Å². The van der Waals surface area contributed by atoms with Crippen molar-refractivity contribution >= 4 is 11.6 Å². The van der Waals surface area contributed by atoms with Crippen molar-refractivity contribution in [3.63, 3.8) is 0 Å². The van der Waals surface area contributed by atoms with Gasteiger partial charge in [0.25, 0.3) is 0 Å². The van der Waals surface area contributed by atoms with Crippen molar-refractivity contribution in [2.45, 2.75) is 24.7 Å². The van der Waals surface area contributed by atoms with Crippen LogP contribution in [0.15, 0.2) is 24.3 Å². The van der Waals surface area contributed by atoms with E-state index in [1.165, 1.54) is 6.92 Å². The van der Waals surface area contributed by atoms with Crippen LogP contribution >= 0.6 is 11.6 Å². The first kappa shape index (κ1) is 10.8. The van der Waals surface area contributed by atoms with Gasteiger partial charge in [0.1, 0.15) is 6.04 Å². The lowest BCUT2D eigenvalue weighted by Gasteiger charge is -2.11. The lowest BCUT2D eigenvalue weighted by Crippen LogP contribution is -2.23. The third kappa shape index (κ3) is 1.84. The summed E-state index contributed by atoms with van der Waals surface area (Å²) in [6, 6.07) is 4.96. The summed E-state index contributed by atoms with van der Waals surface area (Å²) in [5.41, 5.74) is -0.391. The Morgan fingerprint density at radius 3 is 2.20 bits per heavy atom. The Labute approximate surface area is 90.2 Å². The summed E-state index contributed by atoms with van der Waals surface area (Å²) in [5, 5.41) is 2.97. The first-order valence-corrected chi connectivity index (χ1v) is 4.82. The zero-order chi connectivity index (χ0) is 11.3. The first-order chi connectivity index (χ1) is 6.84. The molecule has 1 aromatic carbocycles. The van der Waals surface area contributed by atoms with E-state index in [2.05, 4.69) is 5.32 Å². The van der Waals surface area contributed by atoms with E-state index < -0.39 is 17.8 Å². The number of halogens is 4. The Bertz CT molecular complexity index is 373. The second kappa shape index (κ2) is 3.12. The molecular weight excluding hydrogens is 227 g/mol. The average Bonchev–Trinajstić information content (AvgIpc) is 2.80. The Balaban J connectivity index is 2.24. The molecule has 1 nitrogen and oxygen atoms in total. The fourth-order valence-electron chi connectivity index (χ4n) is 1.71. The van der Waals surface area contributed by atoms with E-state index in [4.69, 9.17) is 11.6 Å². The molecule has 0 unspecified atom stereocenters. The Morgan fingerprint density at radius 2 is 1.80 bits per heavy atom. The molecule has 0 aromatic heterocycles. The van der Waals surface area contributed by atoms with E-state index in [1.54, 1.807) is 24.3 Å². The van der Waals surface area contributed by atoms with Crippen LogP contribution in [0.3, 0.4) is 0 Å². The van der Waals surface area contributed by atoms with Gasteiger partial charge in [0.05, 0.1) is 5.54 Å². The molecule has 1 fully saturated rings. The predicted octanol–water partition coefficient (Wildman–Crippen LogP) is 3.09. The van der Waals surface area contributed by atoms with Gasteiger partial charge in [-0.05, 0) is 24.6 Å². The van der Waals surface area contributed by atoms with Crippen LogP contribution in [0.25, 0.3) is 0 Å². The van der Waals surface area contributed by atoms with Crippen molar-refractivity contribution in [1.29, 1.82) is 0 Å². The highest BCUT2D eigenvalue weighted by molar-refractivity contribution is 6.30. The molecule has 0 saturated carbocycles. The van der Waals surface area contributed by atoms with Gasteiger partial charge in [0, 0.05) is 5.02 Å². The highest BCUT2D eigenvalue weighted by Crippen LogP contribution is 2.46. The second-order valence-corrected chi connectivity index (χ2v) is 4.26. The highest BCUT2D eigenvalue weighted by Gasteiger charge is 2.64. The molecule has 2 rings (SSSR count). The normalized spacial score (nSPS) is 30.3. The maximum absolute atomic E-state index is 12.4. The van der Waals surface area contributed by atoms with Crippen molar-refractivity contribution in [1.82, 2.24) is 5.32 Å². The van der Waals surface area contributed by atoms with E-state index in [0.717, 1.165) is 0 Å². The van der Waals surface area contributed by atoms with Crippen molar-refractivity contribution < 1.29 is 13.2 Å². The van der Waals surface area contributed by atoms with Gasteiger partial charge < -0.3 is 0 Å². The molecule has 15 heavy (non-hydrogen) atoms. The van der Waals surface area contributed by atoms with Crippen LogP contribution in [0.5, 0.6) is 0 Å². The molecule has 1 aromatic rings. The zero-order valence-corrected chi connectivity index (χ0v) is 8.65. The Hall–Kier alpha value is -0.740. The van der Waals surface area contributed by atoms with Crippen LogP contribution in [0.1, 0.15) is 12.5 Å². The molecule has 1 aliphatic heterocycles. The zero-order valence-electron chi connectivity index (χ0n) is 7.90. The molecule has 5 heteroatoms. The molecule has 2 atom stereocenters. The molecule has 82 valence electrons. The minimum absolute atomic E-state index is 0.520. The van der Waals surface area contributed by atoms with E-state index in [-0.39, 0.29) is 0 Å². The van der Waals surface area contributed by atoms with Crippen LogP contribution in [-0.4, -0.2) is 12.2 Å². The summed E-state index contributed by atoms with van der Waals surface area (Å²) in [5.74, 6) is 0. The van der Waals surface area contributed by atoms with Crippen molar-refractivity contribution in [2.75, 3.05) is 0 Å². The third-order valence-corrected chi connectivity index (χ3v) is 2.96. The molecule has 1 aliphatic rings. The predicted molar refractivity (Wildman–Crippen MR) is 51.8 cm³/mol. The van der Waals surface area contributed by atoms with Crippen LogP contribution in [0.4, 0.5) is 13.2 Å². The van der Waals surface area contributed by atoms with Gasteiger partial charge in [-0.1, -0.05) is 23.7 Å². The van der Waals surface area contributed by atoms with E-state index in [9.17, 15) is 13.2 Å². The van der Waals surface area contributed by atoms with Crippen LogP contribution in [0, 0.1) is 0 Å². The fourth-order valence-corrected chi connectivity index (χ4v) is 1.84. The number of benzene rings is 1. The highest BCUT2D eigenvalue weighted by atomic mass is 35.5. The molecule has 1 heterocycles. The smallest absolute Gasteiger partial charge is 0.293 e. The molecule has 1 N–H and O–H groups in total. The van der Waals surface area contributed by atoms with Gasteiger partial charge in [-0.25, -0.2) is 0 Å². The molecule has 0 radical (unpaired) electrons. The standard InChI is InChI=1S/C10H9ClF3N/c1-9(8(15-9)10(12,13)14)6-2-4-7(11)5-3-6/h2-5,8,15H,1H3/t8-,9-/m0/s1. The minimum Gasteiger partial charge on any atom is -0.293 e. The summed E-state index contributed by atoms with van der Waals surface area (Å²) in [4.78, 5) is 0. The Morgan fingerprint density at radius 1 is 1.27 bits per heavy atom. The maximum atomic E-state index is 12.4.